The minimum absolute atomic E-state index is 0.334. The maximum absolute atomic E-state index is 13.4. The molecule has 0 aromatic heterocycles. The fourth-order valence-electron chi connectivity index (χ4n) is 1.58. The van der Waals surface area contributed by atoms with Crippen LogP contribution in [0.5, 0.6) is 5.75 Å². The molecular weight excluding hydrogens is 280 g/mol. The predicted molar refractivity (Wildman–Crippen MR) is 73.7 cm³/mol. The van der Waals surface area contributed by atoms with Gasteiger partial charge in [-0.3, -0.25) is 0 Å². The summed E-state index contributed by atoms with van der Waals surface area (Å²) in [6.07, 6.45) is 0. The molecule has 2 nitrogen and oxygen atoms in total. The molecule has 0 bridgehead atoms. The Morgan fingerprint density at radius 1 is 1.15 bits per heavy atom. The van der Waals surface area contributed by atoms with Crippen molar-refractivity contribution in [1.82, 2.24) is 0 Å². The Bertz CT molecular complexity index is 640. The first-order valence-corrected chi connectivity index (χ1v) is 6.89. The second-order valence-corrected chi connectivity index (χ2v) is 5.02. The number of hydrogen-bond donors (Lipinski definition) is 0. The van der Waals surface area contributed by atoms with E-state index in [-0.39, 0.29) is 0 Å². The standard InChI is InChI=1S/C15H11F2NOS/c16-12-5-6-15(13(17)9-12)20-8-7-19-14-4-2-1-3-11(14)10-18/h1-6,9H,7-8H2. The fourth-order valence-corrected chi connectivity index (χ4v) is 2.33. The molecule has 20 heavy (non-hydrogen) atoms. The highest BCUT2D eigenvalue weighted by Gasteiger charge is 2.05. The summed E-state index contributed by atoms with van der Waals surface area (Å²) in [5.74, 6) is -0.156. The number of rotatable bonds is 5. The van der Waals surface area contributed by atoms with Gasteiger partial charge < -0.3 is 4.74 Å². The third-order valence-corrected chi connectivity index (χ3v) is 3.51. The van der Waals surface area contributed by atoms with Gasteiger partial charge in [-0.15, -0.1) is 11.8 Å². The monoisotopic (exact) mass is 291 g/mol. The highest BCUT2D eigenvalue weighted by atomic mass is 32.2. The zero-order valence-corrected chi connectivity index (χ0v) is 11.3. The number of hydrogen-bond acceptors (Lipinski definition) is 3. The highest BCUT2D eigenvalue weighted by Crippen LogP contribution is 2.23. The van der Waals surface area contributed by atoms with Crippen molar-refractivity contribution in [1.29, 1.82) is 5.26 Å². The van der Waals surface area contributed by atoms with E-state index < -0.39 is 11.6 Å². The van der Waals surface area contributed by atoms with Crippen LogP contribution in [0.1, 0.15) is 5.56 Å². The Morgan fingerprint density at radius 3 is 2.70 bits per heavy atom. The van der Waals surface area contributed by atoms with Gasteiger partial charge in [0.1, 0.15) is 23.5 Å². The normalized spacial score (nSPS) is 10.1. The predicted octanol–water partition coefficient (Wildman–Crippen LogP) is 4.01. The molecule has 0 amide bonds. The van der Waals surface area contributed by atoms with Gasteiger partial charge in [-0.1, -0.05) is 12.1 Å². The summed E-state index contributed by atoms with van der Waals surface area (Å²) in [5.41, 5.74) is 0.463. The minimum atomic E-state index is -0.592. The molecule has 0 unspecified atom stereocenters. The van der Waals surface area contributed by atoms with Gasteiger partial charge in [-0.05, 0) is 24.3 Å². The molecule has 0 radical (unpaired) electrons. The molecule has 0 aliphatic carbocycles. The van der Waals surface area contributed by atoms with Crippen molar-refractivity contribution in [3.8, 4) is 11.8 Å². The molecule has 0 heterocycles. The third kappa shape index (κ3) is 3.72. The van der Waals surface area contributed by atoms with Crippen LogP contribution >= 0.6 is 11.8 Å². The molecule has 0 saturated carbocycles. The van der Waals surface area contributed by atoms with E-state index >= 15 is 0 Å². The van der Waals surface area contributed by atoms with Crippen molar-refractivity contribution < 1.29 is 13.5 Å². The van der Waals surface area contributed by atoms with E-state index in [1.165, 1.54) is 23.9 Å². The van der Waals surface area contributed by atoms with Crippen molar-refractivity contribution in [3.63, 3.8) is 0 Å². The number of benzene rings is 2. The van der Waals surface area contributed by atoms with Crippen LogP contribution in [0.15, 0.2) is 47.4 Å². The number of thioether (sulfide) groups is 1. The van der Waals surface area contributed by atoms with Crippen molar-refractivity contribution in [2.24, 2.45) is 0 Å². The zero-order chi connectivity index (χ0) is 14.4. The Morgan fingerprint density at radius 2 is 1.95 bits per heavy atom. The van der Waals surface area contributed by atoms with Crippen molar-refractivity contribution in [2.75, 3.05) is 12.4 Å². The lowest BCUT2D eigenvalue weighted by atomic mass is 10.2. The van der Waals surface area contributed by atoms with E-state index in [1.807, 2.05) is 6.07 Å². The molecule has 5 heteroatoms. The van der Waals surface area contributed by atoms with Crippen LogP contribution in [0, 0.1) is 23.0 Å². The van der Waals surface area contributed by atoms with Crippen LogP contribution in [-0.4, -0.2) is 12.4 Å². The zero-order valence-electron chi connectivity index (χ0n) is 10.5. The van der Waals surface area contributed by atoms with E-state index in [1.54, 1.807) is 24.3 Å². The second kappa shape index (κ2) is 6.92. The summed E-state index contributed by atoms with van der Waals surface area (Å²) in [5, 5.41) is 8.90. The minimum Gasteiger partial charge on any atom is -0.491 e. The molecule has 0 atom stereocenters. The van der Waals surface area contributed by atoms with Gasteiger partial charge in [0.2, 0.25) is 0 Å². The number of halogens is 2. The van der Waals surface area contributed by atoms with Gasteiger partial charge in [0.15, 0.2) is 0 Å². The maximum Gasteiger partial charge on any atom is 0.139 e. The quantitative estimate of drug-likeness (QED) is 0.616. The van der Waals surface area contributed by atoms with E-state index in [4.69, 9.17) is 10.00 Å². The number of nitrogens with zero attached hydrogens (tertiary/aromatic N) is 1. The molecule has 2 aromatic carbocycles. The molecule has 102 valence electrons. The van der Waals surface area contributed by atoms with Crippen molar-refractivity contribution >= 4 is 11.8 Å². The lowest BCUT2D eigenvalue weighted by molar-refractivity contribution is 0.343. The average Bonchev–Trinajstić information content (AvgIpc) is 2.46. The first-order chi connectivity index (χ1) is 9.70. The molecule has 0 fully saturated rings. The van der Waals surface area contributed by atoms with Crippen LogP contribution in [0.2, 0.25) is 0 Å². The van der Waals surface area contributed by atoms with E-state index in [2.05, 4.69) is 0 Å². The SMILES string of the molecule is N#Cc1ccccc1OCCSc1ccc(F)cc1F. The Labute approximate surface area is 120 Å². The molecule has 2 rings (SSSR count). The molecule has 0 aliphatic rings. The Hall–Kier alpha value is -2.06. The number of para-hydroxylation sites is 1. The van der Waals surface area contributed by atoms with Crippen LogP contribution < -0.4 is 4.74 Å². The summed E-state index contributed by atoms with van der Waals surface area (Å²) < 4.78 is 31.6. The summed E-state index contributed by atoms with van der Waals surface area (Å²) in [6.45, 7) is 0.334. The van der Waals surface area contributed by atoms with Crippen molar-refractivity contribution in [2.45, 2.75) is 4.90 Å². The second-order valence-electron chi connectivity index (χ2n) is 3.88. The largest absolute Gasteiger partial charge is 0.491 e. The van der Waals surface area contributed by atoms with Gasteiger partial charge in [0, 0.05) is 16.7 Å². The number of nitriles is 1. The summed E-state index contributed by atoms with van der Waals surface area (Å²) >= 11 is 1.24. The Balaban J connectivity index is 1.86. The Kier molecular flexibility index (Phi) is 4.97. The fraction of sp³-hybridized carbons (Fsp3) is 0.133. The van der Waals surface area contributed by atoms with Crippen LogP contribution in [-0.2, 0) is 0 Å². The van der Waals surface area contributed by atoms with E-state index in [9.17, 15) is 8.78 Å². The molecule has 0 N–H and O–H groups in total. The van der Waals surface area contributed by atoms with Gasteiger partial charge in [0.05, 0.1) is 12.2 Å². The van der Waals surface area contributed by atoms with E-state index in [0.717, 1.165) is 6.07 Å². The smallest absolute Gasteiger partial charge is 0.139 e. The van der Waals surface area contributed by atoms with Crippen LogP contribution in [0.4, 0.5) is 8.78 Å². The highest BCUT2D eigenvalue weighted by molar-refractivity contribution is 7.99. The average molecular weight is 291 g/mol. The first kappa shape index (κ1) is 14.4. The summed E-state index contributed by atoms with van der Waals surface area (Å²) in [6, 6.07) is 12.4. The van der Waals surface area contributed by atoms with E-state index in [0.29, 0.717) is 28.6 Å². The lowest BCUT2D eigenvalue weighted by Crippen LogP contribution is -2.01. The lowest BCUT2D eigenvalue weighted by Gasteiger charge is -2.07. The van der Waals surface area contributed by atoms with Crippen molar-refractivity contribution in [3.05, 3.63) is 59.7 Å². The van der Waals surface area contributed by atoms with Gasteiger partial charge >= 0.3 is 0 Å². The molecule has 0 saturated heterocycles. The number of ether oxygens (including phenoxy) is 1. The summed E-state index contributed by atoms with van der Waals surface area (Å²) in [4.78, 5) is 0.378. The molecule has 0 aliphatic heterocycles. The van der Waals surface area contributed by atoms with Crippen LogP contribution in [0.25, 0.3) is 0 Å². The maximum atomic E-state index is 13.4. The van der Waals surface area contributed by atoms with Crippen LogP contribution in [0.3, 0.4) is 0 Å². The van der Waals surface area contributed by atoms with Gasteiger partial charge in [0.25, 0.3) is 0 Å². The molecule has 2 aromatic rings. The molecular formula is C15H11F2NOS. The third-order valence-electron chi connectivity index (χ3n) is 2.50. The molecule has 0 spiro atoms. The topological polar surface area (TPSA) is 33.0 Å². The summed E-state index contributed by atoms with van der Waals surface area (Å²) in [7, 11) is 0. The first-order valence-electron chi connectivity index (χ1n) is 5.90. The van der Waals surface area contributed by atoms with Gasteiger partial charge in [-0.25, -0.2) is 8.78 Å². The van der Waals surface area contributed by atoms with Gasteiger partial charge in [-0.2, -0.15) is 5.26 Å².